The third-order valence-electron chi connectivity index (χ3n) is 4.67. The van der Waals surface area contributed by atoms with Crippen molar-refractivity contribution in [3.05, 3.63) is 22.8 Å². The van der Waals surface area contributed by atoms with Crippen LogP contribution in [0.5, 0.6) is 0 Å². The zero-order valence-electron chi connectivity index (χ0n) is 13.9. The third kappa shape index (κ3) is 3.11. The van der Waals surface area contributed by atoms with Crippen LogP contribution in [0.1, 0.15) is 68.7 Å². The highest BCUT2D eigenvalue weighted by Crippen LogP contribution is 2.43. The minimum atomic E-state index is 0.107. The van der Waals surface area contributed by atoms with Crippen LogP contribution in [0.15, 0.2) is 0 Å². The van der Waals surface area contributed by atoms with Crippen molar-refractivity contribution in [2.75, 3.05) is 0 Å². The highest BCUT2D eigenvalue weighted by molar-refractivity contribution is 5.26. The SMILES string of the molecule is Cc1nc(C2CC3CCC2O3)nc(C)c1CNC(C)(C)C. The largest absolute Gasteiger partial charge is 0.374 e. The van der Waals surface area contributed by atoms with Crippen molar-refractivity contribution in [1.29, 1.82) is 0 Å². The molecule has 1 aromatic heterocycles. The second kappa shape index (κ2) is 5.33. The Morgan fingerprint density at radius 2 is 1.81 bits per heavy atom. The van der Waals surface area contributed by atoms with Gasteiger partial charge in [-0.15, -0.1) is 0 Å². The van der Waals surface area contributed by atoms with Gasteiger partial charge in [0.2, 0.25) is 0 Å². The Kier molecular flexibility index (Phi) is 3.78. The van der Waals surface area contributed by atoms with Crippen LogP contribution < -0.4 is 5.32 Å². The van der Waals surface area contributed by atoms with Crippen LogP contribution in [0.3, 0.4) is 0 Å². The van der Waals surface area contributed by atoms with Gasteiger partial charge in [-0.05, 0) is 53.9 Å². The van der Waals surface area contributed by atoms with Gasteiger partial charge in [-0.3, -0.25) is 0 Å². The van der Waals surface area contributed by atoms with Crippen molar-refractivity contribution < 1.29 is 4.74 Å². The molecule has 2 fully saturated rings. The molecule has 0 aromatic carbocycles. The Morgan fingerprint density at radius 3 is 2.29 bits per heavy atom. The fourth-order valence-corrected chi connectivity index (χ4v) is 3.45. The molecule has 3 rings (SSSR count). The summed E-state index contributed by atoms with van der Waals surface area (Å²) in [5, 5.41) is 3.53. The maximum Gasteiger partial charge on any atom is 0.134 e. The molecule has 4 nitrogen and oxygen atoms in total. The van der Waals surface area contributed by atoms with E-state index >= 15 is 0 Å². The first-order chi connectivity index (χ1) is 9.83. The molecule has 1 aromatic rings. The number of nitrogens with zero attached hydrogens (tertiary/aromatic N) is 2. The first-order valence-electron chi connectivity index (χ1n) is 8.08. The normalized spacial score (nSPS) is 28.3. The maximum atomic E-state index is 5.95. The van der Waals surface area contributed by atoms with Gasteiger partial charge in [-0.1, -0.05) is 0 Å². The fraction of sp³-hybridized carbons (Fsp3) is 0.765. The van der Waals surface area contributed by atoms with Crippen molar-refractivity contribution in [3.8, 4) is 0 Å². The van der Waals surface area contributed by atoms with E-state index < -0.39 is 0 Å². The van der Waals surface area contributed by atoms with E-state index in [-0.39, 0.29) is 5.54 Å². The lowest BCUT2D eigenvalue weighted by atomic mass is 9.88. The van der Waals surface area contributed by atoms with Gasteiger partial charge in [-0.2, -0.15) is 0 Å². The minimum Gasteiger partial charge on any atom is -0.374 e. The zero-order valence-corrected chi connectivity index (χ0v) is 13.9. The Labute approximate surface area is 127 Å². The molecule has 0 saturated carbocycles. The Bertz CT molecular complexity index is 512. The number of aryl methyl sites for hydroxylation is 2. The highest BCUT2D eigenvalue weighted by atomic mass is 16.5. The lowest BCUT2D eigenvalue weighted by Crippen LogP contribution is -2.35. The Balaban J connectivity index is 1.79. The summed E-state index contributed by atoms with van der Waals surface area (Å²) in [6.45, 7) is 11.6. The first-order valence-corrected chi connectivity index (χ1v) is 8.08. The molecule has 3 heterocycles. The quantitative estimate of drug-likeness (QED) is 0.929. The topological polar surface area (TPSA) is 47.0 Å². The van der Waals surface area contributed by atoms with Crippen molar-refractivity contribution >= 4 is 0 Å². The smallest absolute Gasteiger partial charge is 0.134 e. The average Bonchev–Trinajstić information content (AvgIpc) is 2.98. The first kappa shape index (κ1) is 14.9. The summed E-state index contributed by atoms with van der Waals surface area (Å²) >= 11 is 0. The van der Waals surface area contributed by atoms with Crippen molar-refractivity contribution in [1.82, 2.24) is 15.3 Å². The minimum absolute atomic E-state index is 0.107. The van der Waals surface area contributed by atoms with Crippen LogP contribution in [-0.2, 0) is 11.3 Å². The molecule has 3 unspecified atom stereocenters. The zero-order chi connectivity index (χ0) is 15.2. The molecule has 1 N–H and O–H groups in total. The summed E-state index contributed by atoms with van der Waals surface area (Å²) < 4.78 is 5.95. The Hall–Kier alpha value is -1.00. The lowest BCUT2D eigenvalue weighted by molar-refractivity contribution is 0.0998. The molecule has 0 radical (unpaired) electrons. The van der Waals surface area contributed by atoms with Gasteiger partial charge in [-0.25, -0.2) is 9.97 Å². The van der Waals surface area contributed by atoms with E-state index in [2.05, 4.69) is 39.9 Å². The molecular weight excluding hydrogens is 262 g/mol. The van der Waals surface area contributed by atoms with Crippen LogP contribution >= 0.6 is 0 Å². The number of ether oxygens (including phenoxy) is 1. The van der Waals surface area contributed by atoms with Crippen LogP contribution in [0.4, 0.5) is 0 Å². The Morgan fingerprint density at radius 1 is 1.14 bits per heavy atom. The summed E-state index contributed by atoms with van der Waals surface area (Å²) in [6.07, 6.45) is 4.29. The number of aromatic nitrogens is 2. The molecule has 0 spiro atoms. The van der Waals surface area contributed by atoms with E-state index in [1.807, 2.05) is 0 Å². The third-order valence-corrected chi connectivity index (χ3v) is 4.67. The van der Waals surface area contributed by atoms with E-state index in [1.165, 1.54) is 18.4 Å². The molecule has 2 aliphatic rings. The molecule has 116 valence electrons. The predicted molar refractivity (Wildman–Crippen MR) is 83.4 cm³/mol. The standard InChI is InChI=1S/C17H27N3O/c1-10-14(9-18-17(3,4)5)11(2)20-16(19-10)13-8-12-6-7-15(13)21-12/h12-13,15,18H,6-9H2,1-5H3. The monoisotopic (exact) mass is 289 g/mol. The molecular formula is C17H27N3O. The fourth-order valence-electron chi connectivity index (χ4n) is 3.45. The molecule has 2 saturated heterocycles. The number of fused-ring (bicyclic) bond motifs is 2. The van der Waals surface area contributed by atoms with Crippen LogP contribution in [0.25, 0.3) is 0 Å². The predicted octanol–water partition coefficient (Wildman–Crippen LogP) is 3.02. The second-order valence-corrected chi connectivity index (χ2v) is 7.55. The number of hydrogen-bond acceptors (Lipinski definition) is 4. The van der Waals surface area contributed by atoms with E-state index in [9.17, 15) is 0 Å². The molecule has 21 heavy (non-hydrogen) atoms. The van der Waals surface area contributed by atoms with Gasteiger partial charge in [0.05, 0.1) is 12.2 Å². The molecule has 2 bridgehead atoms. The van der Waals surface area contributed by atoms with Crippen molar-refractivity contribution in [2.24, 2.45) is 0 Å². The van der Waals surface area contributed by atoms with Crippen molar-refractivity contribution in [2.45, 2.75) is 84.1 Å². The highest BCUT2D eigenvalue weighted by Gasteiger charge is 2.43. The molecule has 3 atom stereocenters. The molecule has 4 heteroatoms. The molecule has 2 aliphatic heterocycles. The number of nitrogens with one attached hydrogen (secondary N) is 1. The molecule has 0 aliphatic carbocycles. The second-order valence-electron chi connectivity index (χ2n) is 7.55. The van der Waals surface area contributed by atoms with Gasteiger partial charge in [0.15, 0.2) is 0 Å². The summed E-state index contributed by atoms with van der Waals surface area (Å²) in [5.74, 6) is 1.41. The van der Waals surface area contributed by atoms with Crippen molar-refractivity contribution in [3.63, 3.8) is 0 Å². The summed E-state index contributed by atoms with van der Waals surface area (Å²) in [7, 11) is 0. The van der Waals surface area contributed by atoms with Gasteiger partial charge in [0.1, 0.15) is 5.82 Å². The van der Waals surface area contributed by atoms with Gasteiger partial charge < -0.3 is 10.1 Å². The number of hydrogen-bond donors (Lipinski definition) is 1. The lowest BCUT2D eigenvalue weighted by Gasteiger charge is -2.23. The summed E-state index contributed by atoms with van der Waals surface area (Å²) in [5.41, 5.74) is 3.56. The summed E-state index contributed by atoms with van der Waals surface area (Å²) in [6, 6.07) is 0. The van der Waals surface area contributed by atoms with E-state index in [4.69, 9.17) is 14.7 Å². The van der Waals surface area contributed by atoms with E-state index in [1.54, 1.807) is 0 Å². The van der Waals surface area contributed by atoms with Gasteiger partial charge in [0.25, 0.3) is 0 Å². The molecule has 0 amide bonds. The maximum absolute atomic E-state index is 5.95. The van der Waals surface area contributed by atoms with Crippen LogP contribution in [-0.4, -0.2) is 27.7 Å². The average molecular weight is 289 g/mol. The van der Waals surface area contributed by atoms with E-state index in [0.717, 1.165) is 30.2 Å². The van der Waals surface area contributed by atoms with Crippen LogP contribution in [0.2, 0.25) is 0 Å². The van der Waals surface area contributed by atoms with Crippen LogP contribution in [0, 0.1) is 13.8 Å². The van der Waals surface area contributed by atoms with Gasteiger partial charge >= 0.3 is 0 Å². The van der Waals surface area contributed by atoms with Gasteiger partial charge in [0, 0.05) is 35.0 Å². The number of rotatable bonds is 3. The summed E-state index contributed by atoms with van der Waals surface area (Å²) in [4.78, 5) is 9.61. The van der Waals surface area contributed by atoms with E-state index in [0.29, 0.717) is 18.1 Å².